The highest BCUT2D eigenvalue weighted by atomic mass is 16.6. The molecule has 0 aliphatic carbocycles. The second-order valence-corrected chi connectivity index (χ2v) is 7.81. The third kappa shape index (κ3) is 7.24. The first kappa shape index (κ1) is 22.9. The van der Waals surface area contributed by atoms with Gasteiger partial charge < -0.3 is 20.7 Å². The highest BCUT2D eigenvalue weighted by molar-refractivity contribution is 6.09. The quantitative estimate of drug-likeness (QED) is 0.639. The van der Waals surface area contributed by atoms with Gasteiger partial charge in [0.05, 0.1) is 11.3 Å². The van der Waals surface area contributed by atoms with Gasteiger partial charge in [0.25, 0.3) is 11.8 Å². The SMILES string of the molecule is CCCNC(=O)c1ccccc1NC(=O)c1ccc(CNC(=O)OC(C)(C)C)cc1. The normalized spacial score (nSPS) is 10.8. The number of hydrogen-bond acceptors (Lipinski definition) is 4. The summed E-state index contributed by atoms with van der Waals surface area (Å²) >= 11 is 0. The zero-order valence-electron chi connectivity index (χ0n) is 17.9. The molecule has 0 radical (unpaired) electrons. The van der Waals surface area contributed by atoms with Gasteiger partial charge in [-0.25, -0.2) is 4.79 Å². The van der Waals surface area contributed by atoms with Gasteiger partial charge in [-0.3, -0.25) is 9.59 Å². The summed E-state index contributed by atoms with van der Waals surface area (Å²) in [4.78, 5) is 36.6. The van der Waals surface area contributed by atoms with Crippen molar-refractivity contribution in [1.82, 2.24) is 10.6 Å². The van der Waals surface area contributed by atoms with Crippen molar-refractivity contribution in [1.29, 1.82) is 0 Å². The molecule has 0 saturated carbocycles. The number of benzene rings is 2. The molecule has 30 heavy (non-hydrogen) atoms. The highest BCUT2D eigenvalue weighted by Crippen LogP contribution is 2.17. The lowest BCUT2D eigenvalue weighted by molar-refractivity contribution is 0.0523. The molecule has 7 heteroatoms. The number of anilines is 1. The monoisotopic (exact) mass is 411 g/mol. The van der Waals surface area contributed by atoms with E-state index in [2.05, 4.69) is 16.0 Å². The highest BCUT2D eigenvalue weighted by Gasteiger charge is 2.16. The van der Waals surface area contributed by atoms with Crippen molar-refractivity contribution in [2.45, 2.75) is 46.3 Å². The van der Waals surface area contributed by atoms with Crippen LogP contribution in [0.3, 0.4) is 0 Å². The molecule has 2 aromatic carbocycles. The molecule has 0 aliphatic rings. The molecular weight excluding hydrogens is 382 g/mol. The Labute approximate surface area is 177 Å². The maximum Gasteiger partial charge on any atom is 0.407 e. The first-order chi connectivity index (χ1) is 14.2. The Morgan fingerprint density at radius 1 is 0.900 bits per heavy atom. The predicted octanol–water partition coefficient (Wildman–Crippen LogP) is 4.10. The Bertz CT molecular complexity index is 886. The zero-order valence-corrected chi connectivity index (χ0v) is 17.9. The molecule has 3 amide bonds. The Balaban J connectivity index is 1.99. The van der Waals surface area contributed by atoms with Crippen LogP contribution in [0.5, 0.6) is 0 Å². The van der Waals surface area contributed by atoms with E-state index in [1.165, 1.54) is 0 Å². The first-order valence-electron chi connectivity index (χ1n) is 9.94. The van der Waals surface area contributed by atoms with Crippen LogP contribution >= 0.6 is 0 Å². The van der Waals surface area contributed by atoms with Crippen molar-refractivity contribution in [2.24, 2.45) is 0 Å². The number of alkyl carbamates (subject to hydrolysis) is 1. The van der Waals surface area contributed by atoms with Crippen LogP contribution in [-0.4, -0.2) is 30.1 Å². The van der Waals surface area contributed by atoms with Gasteiger partial charge in [-0.15, -0.1) is 0 Å². The molecule has 0 unspecified atom stereocenters. The lowest BCUT2D eigenvalue weighted by Gasteiger charge is -2.19. The van der Waals surface area contributed by atoms with Crippen LogP contribution in [0.4, 0.5) is 10.5 Å². The minimum absolute atomic E-state index is 0.226. The summed E-state index contributed by atoms with van der Waals surface area (Å²) in [6.45, 7) is 8.22. The summed E-state index contributed by atoms with van der Waals surface area (Å²) in [7, 11) is 0. The number of ether oxygens (including phenoxy) is 1. The number of amides is 3. The number of hydrogen-bond donors (Lipinski definition) is 3. The number of rotatable bonds is 7. The van der Waals surface area contributed by atoms with Crippen molar-refractivity contribution in [3.63, 3.8) is 0 Å². The zero-order chi connectivity index (χ0) is 22.1. The van der Waals surface area contributed by atoms with Crippen molar-refractivity contribution in [2.75, 3.05) is 11.9 Å². The Morgan fingerprint density at radius 2 is 1.57 bits per heavy atom. The largest absolute Gasteiger partial charge is 0.444 e. The molecule has 2 rings (SSSR count). The van der Waals surface area contributed by atoms with E-state index in [0.29, 0.717) is 23.4 Å². The summed E-state index contributed by atoms with van der Waals surface area (Å²) < 4.78 is 5.20. The summed E-state index contributed by atoms with van der Waals surface area (Å²) in [6.07, 6.45) is 0.331. The average Bonchev–Trinajstić information content (AvgIpc) is 2.70. The lowest BCUT2D eigenvalue weighted by atomic mass is 10.1. The average molecular weight is 412 g/mol. The van der Waals surface area contributed by atoms with E-state index < -0.39 is 11.7 Å². The van der Waals surface area contributed by atoms with Gasteiger partial charge in [0.1, 0.15) is 5.60 Å². The van der Waals surface area contributed by atoms with Crippen molar-refractivity contribution in [3.05, 3.63) is 65.2 Å². The molecule has 0 saturated heterocycles. The summed E-state index contributed by atoms with van der Waals surface area (Å²) in [5.74, 6) is -0.547. The maximum atomic E-state index is 12.6. The van der Waals surface area contributed by atoms with E-state index in [4.69, 9.17) is 4.74 Å². The second-order valence-electron chi connectivity index (χ2n) is 7.81. The third-order valence-electron chi connectivity index (χ3n) is 4.01. The number of nitrogens with one attached hydrogen (secondary N) is 3. The molecule has 0 atom stereocenters. The third-order valence-corrected chi connectivity index (χ3v) is 4.01. The van der Waals surface area contributed by atoms with Crippen molar-refractivity contribution in [3.8, 4) is 0 Å². The van der Waals surface area contributed by atoms with Crippen molar-refractivity contribution >= 4 is 23.6 Å². The van der Waals surface area contributed by atoms with E-state index in [9.17, 15) is 14.4 Å². The molecule has 0 bridgehead atoms. The molecular formula is C23H29N3O4. The van der Waals surface area contributed by atoms with Gasteiger partial charge in [-0.05, 0) is 57.0 Å². The van der Waals surface area contributed by atoms with E-state index in [1.807, 2.05) is 6.92 Å². The summed E-state index contributed by atoms with van der Waals surface area (Å²) in [5, 5.41) is 8.28. The van der Waals surface area contributed by atoms with Crippen LogP contribution in [0.2, 0.25) is 0 Å². The maximum absolute atomic E-state index is 12.6. The summed E-state index contributed by atoms with van der Waals surface area (Å²) in [5.41, 5.74) is 1.58. The summed E-state index contributed by atoms with van der Waals surface area (Å²) in [6, 6.07) is 13.7. The Hall–Kier alpha value is -3.35. The van der Waals surface area contributed by atoms with E-state index in [1.54, 1.807) is 69.3 Å². The fourth-order valence-corrected chi connectivity index (χ4v) is 2.58. The molecule has 7 nitrogen and oxygen atoms in total. The van der Waals surface area contributed by atoms with Crippen LogP contribution < -0.4 is 16.0 Å². The molecule has 0 spiro atoms. The molecule has 0 aromatic heterocycles. The van der Waals surface area contributed by atoms with E-state index in [-0.39, 0.29) is 18.4 Å². The fourth-order valence-electron chi connectivity index (χ4n) is 2.58. The van der Waals surface area contributed by atoms with E-state index >= 15 is 0 Å². The standard InChI is InChI=1S/C23H29N3O4/c1-5-14-24-21(28)18-8-6-7-9-19(18)26-20(27)17-12-10-16(11-13-17)15-25-22(29)30-23(2,3)4/h6-13H,5,14-15H2,1-4H3,(H,24,28)(H,25,29)(H,26,27). The minimum atomic E-state index is -0.560. The number of carbonyl (C=O) groups excluding carboxylic acids is 3. The number of para-hydroxylation sites is 1. The van der Waals surface area contributed by atoms with Crippen LogP contribution in [0.15, 0.2) is 48.5 Å². The van der Waals surface area contributed by atoms with Gasteiger partial charge >= 0.3 is 6.09 Å². The van der Waals surface area contributed by atoms with Gasteiger partial charge in [0.15, 0.2) is 0 Å². The Kier molecular flexibility index (Phi) is 7.98. The second kappa shape index (κ2) is 10.4. The lowest BCUT2D eigenvalue weighted by Crippen LogP contribution is -2.32. The van der Waals surface area contributed by atoms with Crippen LogP contribution in [-0.2, 0) is 11.3 Å². The van der Waals surface area contributed by atoms with Crippen LogP contribution in [0, 0.1) is 0 Å². The molecule has 0 heterocycles. The molecule has 0 aliphatic heterocycles. The van der Waals surface area contributed by atoms with Gasteiger partial charge in [0, 0.05) is 18.7 Å². The minimum Gasteiger partial charge on any atom is -0.444 e. The topological polar surface area (TPSA) is 96.5 Å². The molecule has 0 fully saturated rings. The molecule has 2 aromatic rings. The van der Waals surface area contributed by atoms with Crippen LogP contribution in [0.25, 0.3) is 0 Å². The molecule has 160 valence electrons. The van der Waals surface area contributed by atoms with E-state index in [0.717, 1.165) is 12.0 Å². The Morgan fingerprint density at radius 3 is 2.20 bits per heavy atom. The first-order valence-corrected chi connectivity index (χ1v) is 9.94. The van der Waals surface area contributed by atoms with Gasteiger partial charge in [0.2, 0.25) is 0 Å². The molecule has 3 N–H and O–H groups in total. The fraction of sp³-hybridized carbons (Fsp3) is 0.348. The number of carbonyl (C=O) groups is 3. The van der Waals surface area contributed by atoms with Gasteiger partial charge in [-0.2, -0.15) is 0 Å². The van der Waals surface area contributed by atoms with Crippen molar-refractivity contribution < 1.29 is 19.1 Å². The van der Waals surface area contributed by atoms with Crippen LogP contribution in [0.1, 0.15) is 60.4 Å². The smallest absolute Gasteiger partial charge is 0.407 e. The van der Waals surface area contributed by atoms with Gasteiger partial charge in [-0.1, -0.05) is 31.2 Å². The predicted molar refractivity (Wildman–Crippen MR) is 117 cm³/mol.